The van der Waals surface area contributed by atoms with Gasteiger partial charge < -0.3 is 15.2 Å². The normalized spacial score (nSPS) is 10.9. The van der Waals surface area contributed by atoms with Crippen LogP contribution in [0.2, 0.25) is 0 Å². The molecule has 0 radical (unpaired) electrons. The van der Waals surface area contributed by atoms with E-state index in [1.165, 1.54) is 6.08 Å². The van der Waals surface area contributed by atoms with Crippen LogP contribution in [0.3, 0.4) is 0 Å². The lowest BCUT2D eigenvalue weighted by Gasteiger charge is -2.03. The number of nitrogens with zero attached hydrogens (tertiary/aromatic N) is 2. The van der Waals surface area contributed by atoms with Gasteiger partial charge in [0.15, 0.2) is 0 Å². The average molecular weight is 279 g/mol. The van der Waals surface area contributed by atoms with Crippen molar-refractivity contribution in [2.45, 2.75) is 39.8 Å². The van der Waals surface area contributed by atoms with Gasteiger partial charge in [0.05, 0.1) is 13.1 Å². The molecule has 20 heavy (non-hydrogen) atoms. The fraction of sp³-hybridized carbons (Fsp3) is 0.500. The van der Waals surface area contributed by atoms with E-state index in [2.05, 4.69) is 5.32 Å². The summed E-state index contributed by atoms with van der Waals surface area (Å²) in [5.74, 6) is -0.136. The van der Waals surface area contributed by atoms with Crippen molar-refractivity contribution in [1.29, 1.82) is 0 Å². The number of nitrogens with one attached hydrogen (secondary N) is 1. The molecular formula is C14H21N3O3. The van der Waals surface area contributed by atoms with Crippen LogP contribution in [0.15, 0.2) is 24.5 Å². The number of amides is 1. The summed E-state index contributed by atoms with van der Waals surface area (Å²) in [6.07, 6.45) is 7.80. The molecule has 1 heterocycles. The van der Waals surface area contributed by atoms with Gasteiger partial charge in [-0.15, -0.1) is 0 Å². The molecule has 0 saturated carbocycles. The Morgan fingerprint density at radius 3 is 2.90 bits per heavy atom. The van der Waals surface area contributed by atoms with Crippen molar-refractivity contribution in [3.05, 3.63) is 30.4 Å². The summed E-state index contributed by atoms with van der Waals surface area (Å²) in [5.41, 5.74) is 0. The fourth-order valence-electron chi connectivity index (χ4n) is 1.90. The molecule has 0 fully saturated rings. The standard InChI is InChI=1S/C14H21N3O3/c1-3-5-13(18)15-7-4-8-16-10-11-17(12(16)2)9-6-14(19)20/h3,5,10-11H,4,6-9H2,1-2H3,(H-,15,18,19,20). The van der Waals surface area contributed by atoms with Crippen molar-refractivity contribution >= 4 is 11.9 Å². The Balaban J connectivity index is 2.37. The molecule has 0 bridgehead atoms. The Labute approximate surface area is 118 Å². The first-order valence-corrected chi connectivity index (χ1v) is 6.70. The Morgan fingerprint density at radius 2 is 2.25 bits per heavy atom. The van der Waals surface area contributed by atoms with Gasteiger partial charge in [0.2, 0.25) is 5.91 Å². The van der Waals surface area contributed by atoms with E-state index in [1.807, 2.05) is 28.5 Å². The second-order valence-corrected chi connectivity index (χ2v) is 4.50. The number of carbonyl (C=O) groups is 2. The quantitative estimate of drug-likeness (QED) is 0.388. The summed E-state index contributed by atoms with van der Waals surface area (Å²) >= 11 is 0. The summed E-state index contributed by atoms with van der Waals surface area (Å²) in [6.45, 7) is 5.54. The molecule has 1 aromatic heterocycles. The largest absolute Gasteiger partial charge is 0.550 e. The van der Waals surface area contributed by atoms with Crippen LogP contribution >= 0.6 is 0 Å². The molecule has 0 aliphatic rings. The summed E-state index contributed by atoms with van der Waals surface area (Å²) < 4.78 is 3.92. The van der Waals surface area contributed by atoms with Crippen molar-refractivity contribution < 1.29 is 19.3 Å². The highest BCUT2D eigenvalue weighted by Crippen LogP contribution is 1.96. The van der Waals surface area contributed by atoms with Crippen molar-refractivity contribution in [2.75, 3.05) is 6.54 Å². The highest BCUT2D eigenvalue weighted by molar-refractivity contribution is 5.87. The molecule has 0 atom stereocenters. The van der Waals surface area contributed by atoms with Crippen LogP contribution in [-0.4, -0.2) is 23.0 Å². The molecule has 0 spiro atoms. The minimum atomic E-state index is -1.05. The molecule has 0 aromatic carbocycles. The summed E-state index contributed by atoms with van der Waals surface area (Å²) in [5, 5.41) is 13.2. The molecule has 1 aromatic rings. The van der Waals surface area contributed by atoms with Crippen LogP contribution in [-0.2, 0) is 22.7 Å². The molecule has 6 heteroatoms. The number of rotatable bonds is 8. The predicted octanol–water partition coefficient (Wildman–Crippen LogP) is -0.694. The number of carboxylic acids is 1. The molecule has 0 unspecified atom stereocenters. The predicted molar refractivity (Wildman–Crippen MR) is 71.4 cm³/mol. The van der Waals surface area contributed by atoms with Crippen LogP contribution in [0.5, 0.6) is 0 Å². The molecule has 1 rings (SSSR count). The third kappa shape index (κ3) is 5.26. The number of hydrogen-bond donors (Lipinski definition) is 1. The lowest BCUT2D eigenvalue weighted by molar-refractivity contribution is -0.702. The average Bonchev–Trinajstić information content (AvgIpc) is 2.74. The van der Waals surface area contributed by atoms with Crippen molar-refractivity contribution in [3.8, 4) is 0 Å². The summed E-state index contributed by atoms with van der Waals surface area (Å²) in [6, 6.07) is 0. The lowest BCUT2D eigenvalue weighted by Crippen LogP contribution is -2.37. The van der Waals surface area contributed by atoms with Crippen LogP contribution in [0.4, 0.5) is 0 Å². The molecule has 0 aliphatic heterocycles. The van der Waals surface area contributed by atoms with E-state index in [9.17, 15) is 14.7 Å². The molecule has 110 valence electrons. The van der Waals surface area contributed by atoms with Gasteiger partial charge in [-0.3, -0.25) is 4.79 Å². The van der Waals surface area contributed by atoms with E-state index < -0.39 is 5.97 Å². The Kier molecular flexibility index (Phi) is 6.49. The minimum Gasteiger partial charge on any atom is -0.550 e. The zero-order valence-corrected chi connectivity index (χ0v) is 12.0. The van der Waals surface area contributed by atoms with Gasteiger partial charge in [-0.1, -0.05) is 6.08 Å². The van der Waals surface area contributed by atoms with Crippen LogP contribution in [0, 0.1) is 6.92 Å². The monoisotopic (exact) mass is 279 g/mol. The van der Waals surface area contributed by atoms with Gasteiger partial charge in [0.1, 0.15) is 12.4 Å². The number of aromatic nitrogens is 2. The number of hydrogen-bond acceptors (Lipinski definition) is 3. The minimum absolute atomic E-state index is 0.00886. The summed E-state index contributed by atoms with van der Waals surface area (Å²) in [4.78, 5) is 21.6. The zero-order chi connectivity index (χ0) is 15.0. The highest BCUT2D eigenvalue weighted by Gasteiger charge is 2.11. The molecule has 6 nitrogen and oxygen atoms in total. The SMILES string of the molecule is CC=CC(=O)NCCC[n+]1ccn(CCC(=O)[O-])c1C. The van der Waals surface area contributed by atoms with Crippen molar-refractivity contribution in [1.82, 2.24) is 9.88 Å². The van der Waals surface area contributed by atoms with Gasteiger partial charge in [0, 0.05) is 32.3 Å². The first-order valence-electron chi connectivity index (χ1n) is 6.70. The number of allylic oxidation sites excluding steroid dienone is 1. The van der Waals surface area contributed by atoms with Crippen molar-refractivity contribution in [3.63, 3.8) is 0 Å². The number of carbonyl (C=O) groups excluding carboxylic acids is 2. The zero-order valence-electron chi connectivity index (χ0n) is 12.0. The van der Waals surface area contributed by atoms with E-state index in [1.54, 1.807) is 13.0 Å². The molecule has 0 aliphatic carbocycles. The Morgan fingerprint density at radius 1 is 1.50 bits per heavy atom. The molecule has 0 saturated heterocycles. The smallest absolute Gasteiger partial charge is 0.253 e. The first-order chi connectivity index (χ1) is 9.54. The van der Waals surface area contributed by atoms with Gasteiger partial charge in [0.25, 0.3) is 5.82 Å². The maximum absolute atomic E-state index is 11.2. The lowest BCUT2D eigenvalue weighted by atomic mass is 10.4. The highest BCUT2D eigenvalue weighted by atomic mass is 16.4. The van der Waals surface area contributed by atoms with Gasteiger partial charge in [-0.05, 0) is 13.0 Å². The third-order valence-electron chi connectivity index (χ3n) is 3.01. The second-order valence-electron chi connectivity index (χ2n) is 4.50. The Hall–Kier alpha value is -2.11. The fourth-order valence-corrected chi connectivity index (χ4v) is 1.90. The van der Waals surface area contributed by atoms with Crippen LogP contribution < -0.4 is 15.0 Å². The van der Waals surface area contributed by atoms with E-state index in [0.717, 1.165) is 18.8 Å². The van der Waals surface area contributed by atoms with Crippen LogP contribution in [0.1, 0.15) is 25.6 Å². The molecule has 1 amide bonds. The number of aliphatic carboxylic acids is 1. The maximum atomic E-state index is 11.2. The number of aryl methyl sites for hydroxylation is 2. The second kappa shape index (κ2) is 8.14. The molecule has 1 N–H and O–H groups in total. The maximum Gasteiger partial charge on any atom is 0.253 e. The van der Waals surface area contributed by atoms with E-state index >= 15 is 0 Å². The van der Waals surface area contributed by atoms with E-state index in [0.29, 0.717) is 13.1 Å². The molecular weight excluding hydrogens is 258 g/mol. The van der Waals surface area contributed by atoms with Gasteiger partial charge >= 0.3 is 0 Å². The van der Waals surface area contributed by atoms with Crippen LogP contribution in [0.25, 0.3) is 0 Å². The summed E-state index contributed by atoms with van der Waals surface area (Å²) in [7, 11) is 0. The van der Waals surface area contributed by atoms with Gasteiger partial charge in [-0.2, -0.15) is 0 Å². The number of carboxylic acid groups (broad SMARTS) is 1. The third-order valence-corrected chi connectivity index (χ3v) is 3.01. The van der Waals surface area contributed by atoms with Crippen molar-refractivity contribution in [2.24, 2.45) is 0 Å². The first kappa shape index (κ1) is 15.9. The number of imidazole rings is 1. The van der Waals surface area contributed by atoms with Gasteiger partial charge in [-0.25, -0.2) is 9.13 Å². The Bertz CT molecular complexity index is 492. The topological polar surface area (TPSA) is 78.0 Å². The van der Waals surface area contributed by atoms with E-state index in [-0.39, 0.29) is 12.3 Å². The van der Waals surface area contributed by atoms with E-state index in [4.69, 9.17) is 0 Å².